The highest BCUT2D eigenvalue weighted by Crippen LogP contribution is 2.33. The number of nitrogens with one attached hydrogen (secondary N) is 3. The van der Waals surface area contributed by atoms with Crippen molar-refractivity contribution in [1.29, 1.82) is 5.41 Å². The Hall–Kier alpha value is -3.19. The second-order valence-electron chi connectivity index (χ2n) is 8.14. The van der Waals surface area contributed by atoms with Crippen LogP contribution < -0.4 is 5.32 Å². The van der Waals surface area contributed by atoms with E-state index in [0.29, 0.717) is 11.4 Å². The standard InChI is InChI=1S/C23H29N7/c1-14-13-17(20(24)19-15(2)16(3)26-21(14)19)27-22-18-9-6-7-12-30(18)28-23(22)25-10-8-11-29(4)5/h6-7,9,12-13,24,26H,8,10-11H2,1-5H3,(H,25,28). The van der Waals surface area contributed by atoms with Gasteiger partial charge in [-0.05, 0) is 77.2 Å². The van der Waals surface area contributed by atoms with Crippen molar-refractivity contribution >= 4 is 34.0 Å². The average Bonchev–Trinajstić information content (AvgIpc) is 3.21. The van der Waals surface area contributed by atoms with Crippen molar-refractivity contribution < 1.29 is 0 Å². The summed E-state index contributed by atoms with van der Waals surface area (Å²) in [6.07, 6.45) is 4.92. The number of fused-ring (bicyclic) bond motifs is 2. The van der Waals surface area contributed by atoms with E-state index in [9.17, 15) is 0 Å². The fourth-order valence-electron chi connectivity index (χ4n) is 3.83. The molecule has 0 fully saturated rings. The number of nitrogens with zero attached hydrogens (tertiary/aromatic N) is 4. The van der Waals surface area contributed by atoms with Gasteiger partial charge in [0.2, 0.25) is 0 Å². The Morgan fingerprint density at radius 2 is 2.03 bits per heavy atom. The molecular weight excluding hydrogens is 374 g/mol. The van der Waals surface area contributed by atoms with E-state index < -0.39 is 0 Å². The SMILES string of the molecule is CC1=CC(=Nc2c(NCCCN(C)C)nn3ccccc23)C(=N)c2c1[nH]c(C)c2C. The van der Waals surface area contributed by atoms with Crippen LogP contribution in [0, 0.1) is 19.3 Å². The molecule has 3 aromatic heterocycles. The molecule has 3 N–H and O–H groups in total. The summed E-state index contributed by atoms with van der Waals surface area (Å²) in [5.41, 5.74) is 8.08. The summed E-state index contributed by atoms with van der Waals surface area (Å²) >= 11 is 0. The van der Waals surface area contributed by atoms with Gasteiger partial charge in [0.25, 0.3) is 0 Å². The molecule has 4 rings (SSSR count). The van der Waals surface area contributed by atoms with Crippen molar-refractivity contribution in [1.82, 2.24) is 19.5 Å². The van der Waals surface area contributed by atoms with E-state index in [1.807, 2.05) is 41.9 Å². The second kappa shape index (κ2) is 7.91. The van der Waals surface area contributed by atoms with Gasteiger partial charge in [-0.3, -0.25) is 5.41 Å². The van der Waals surface area contributed by atoms with Crippen LogP contribution in [0.15, 0.2) is 35.5 Å². The molecule has 0 saturated heterocycles. The summed E-state index contributed by atoms with van der Waals surface area (Å²) in [5, 5.41) is 17.0. The van der Waals surface area contributed by atoms with Gasteiger partial charge in [-0.2, -0.15) is 0 Å². The minimum atomic E-state index is 0.450. The Balaban J connectivity index is 1.74. The molecule has 7 nitrogen and oxygen atoms in total. The molecule has 0 aliphatic heterocycles. The molecule has 0 saturated carbocycles. The Kier molecular flexibility index (Phi) is 5.30. The van der Waals surface area contributed by atoms with E-state index in [0.717, 1.165) is 64.6 Å². The van der Waals surface area contributed by atoms with Crippen LogP contribution in [-0.2, 0) is 0 Å². The van der Waals surface area contributed by atoms with Gasteiger partial charge >= 0.3 is 0 Å². The minimum absolute atomic E-state index is 0.450. The summed E-state index contributed by atoms with van der Waals surface area (Å²) in [4.78, 5) is 10.5. The predicted molar refractivity (Wildman–Crippen MR) is 125 cm³/mol. The van der Waals surface area contributed by atoms with Gasteiger partial charge in [-0.1, -0.05) is 6.07 Å². The van der Waals surface area contributed by atoms with Crippen LogP contribution in [-0.4, -0.2) is 58.1 Å². The lowest BCUT2D eigenvalue weighted by Crippen LogP contribution is -2.18. The molecule has 1 aliphatic rings. The first-order valence-electron chi connectivity index (χ1n) is 10.3. The van der Waals surface area contributed by atoms with Crippen LogP contribution in [0.1, 0.15) is 35.9 Å². The molecule has 0 atom stereocenters. The fraction of sp³-hybridized carbons (Fsp3) is 0.348. The monoisotopic (exact) mass is 403 g/mol. The quantitative estimate of drug-likeness (QED) is 0.539. The first-order chi connectivity index (χ1) is 14.4. The van der Waals surface area contributed by atoms with Crippen LogP contribution >= 0.6 is 0 Å². The lowest BCUT2D eigenvalue weighted by Gasteiger charge is -2.15. The third-order valence-corrected chi connectivity index (χ3v) is 5.57. The van der Waals surface area contributed by atoms with E-state index in [2.05, 4.69) is 43.1 Å². The molecule has 0 radical (unpaired) electrons. The zero-order valence-corrected chi connectivity index (χ0v) is 18.3. The zero-order chi connectivity index (χ0) is 21.4. The van der Waals surface area contributed by atoms with Gasteiger partial charge in [0.1, 0.15) is 5.69 Å². The maximum Gasteiger partial charge on any atom is 0.175 e. The number of aryl methyl sites for hydroxylation is 1. The van der Waals surface area contributed by atoms with Gasteiger partial charge in [0.15, 0.2) is 5.82 Å². The number of aliphatic imine (C=N–C) groups is 1. The molecule has 1 aliphatic carbocycles. The van der Waals surface area contributed by atoms with Crippen molar-refractivity contribution in [2.45, 2.75) is 27.2 Å². The lowest BCUT2D eigenvalue weighted by molar-refractivity contribution is 0.405. The van der Waals surface area contributed by atoms with Gasteiger partial charge in [-0.15, -0.1) is 5.10 Å². The highest BCUT2D eigenvalue weighted by molar-refractivity contribution is 6.54. The Labute approximate surface area is 177 Å². The number of hydrogen-bond acceptors (Lipinski definition) is 5. The maximum atomic E-state index is 8.82. The third kappa shape index (κ3) is 3.57. The zero-order valence-electron chi connectivity index (χ0n) is 18.3. The van der Waals surface area contributed by atoms with E-state index in [1.54, 1.807) is 0 Å². The first kappa shape index (κ1) is 20.1. The number of rotatable bonds is 6. The van der Waals surface area contributed by atoms with Crippen molar-refractivity contribution in [2.24, 2.45) is 4.99 Å². The Bertz CT molecular complexity index is 1170. The number of aromatic nitrogens is 3. The largest absolute Gasteiger partial charge is 0.367 e. The summed E-state index contributed by atoms with van der Waals surface area (Å²) in [7, 11) is 4.15. The topological polar surface area (TPSA) is 84.6 Å². The van der Waals surface area contributed by atoms with Crippen molar-refractivity contribution in [3.8, 4) is 0 Å². The normalized spacial score (nSPS) is 15.2. The van der Waals surface area contributed by atoms with Crippen molar-refractivity contribution in [3.63, 3.8) is 0 Å². The van der Waals surface area contributed by atoms with Gasteiger partial charge in [0.05, 0.1) is 22.6 Å². The summed E-state index contributed by atoms with van der Waals surface area (Å²) < 4.78 is 1.84. The van der Waals surface area contributed by atoms with Crippen molar-refractivity contribution in [2.75, 3.05) is 32.5 Å². The number of H-pyrrole nitrogens is 1. The Morgan fingerprint density at radius 3 is 2.80 bits per heavy atom. The van der Waals surface area contributed by atoms with Crippen molar-refractivity contribution in [3.05, 3.63) is 53.0 Å². The molecule has 0 spiro atoms. The predicted octanol–water partition coefficient (Wildman–Crippen LogP) is 4.20. The summed E-state index contributed by atoms with van der Waals surface area (Å²) in [6, 6.07) is 5.96. The number of aromatic amines is 1. The number of pyridine rings is 1. The van der Waals surface area contributed by atoms with Gasteiger partial charge in [-0.25, -0.2) is 9.51 Å². The number of anilines is 1. The molecule has 3 aromatic rings. The molecule has 0 amide bonds. The second-order valence-corrected chi connectivity index (χ2v) is 8.14. The van der Waals surface area contributed by atoms with Crippen LogP contribution in [0.5, 0.6) is 0 Å². The van der Waals surface area contributed by atoms with Crippen LogP contribution in [0.25, 0.3) is 11.1 Å². The first-order valence-corrected chi connectivity index (χ1v) is 10.3. The number of allylic oxidation sites excluding steroid dienone is 2. The highest BCUT2D eigenvalue weighted by atomic mass is 15.3. The number of hydrogen-bond donors (Lipinski definition) is 3. The van der Waals surface area contributed by atoms with Crippen LogP contribution in [0.4, 0.5) is 11.5 Å². The molecule has 0 bridgehead atoms. The molecular formula is C23H29N7. The Morgan fingerprint density at radius 1 is 1.23 bits per heavy atom. The minimum Gasteiger partial charge on any atom is -0.367 e. The van der Waals surface area contributed by atoms with Gasteiger partial charge < -0.3 is 15.2 Å². The van der Waals surface area contributed by atoms with Crippen LogP contribution in [0.3, 0.4) is 0 Å². The van der Waals surface area contributed by atoms with E-state index in [-0.39, 0.29) is 0 Å². The van der Waals surface area contributed by atoms with Gasteiger partial charge in [0, 0.05) is 24.0 Å². The average molecular weight is 404 g/mol. The molecule has 156 valence electrons. The highest BCUT2D eigenvalue weighted by Gasteiger charge is 2.25. The summed E-state index contributed by atoms with van der Waals surface area (Å²) in [6.45, 7) is 7.99. The van der Waals surface area contributed by atoms with E-state index in [1.165, 1.54) is 0 Å². The smallest absolute Gasteiger partial charge is 0.175 e. The lowest BCUT2D eigenvalue weighted by atomic mass is 9.92. The third-order valence-electron chi connectivity index (χ3n) is 5.57. The molecule has 30 heavy (non-hydrogen) atoms. The molecule has 3 heterocycles. The molecule has 0 unspecified atom stereocenters. The van der Waals surface area contributed by atoms with Crippen LogP contribution in [0.2, 0.25) is 0 Å². The molecule has 7 heteroatoms. The summed E-state index contributed by atoms with van der Waals surface area (Å²) in [5.74, 6) is 0.749. The molecule has 0 aromatic carbocycles. The van der Waals surface area contributed by atoms with E-state index >= 15 is 0 Å². The van der Waals surface area contributed by atoms with E-state index in [4.69, 9.17) is 15.5 Å². The maximum absolute atomic E-state index is 8.82. The fourth-order valence-corrected chi connectivity index (χ4v) is 3.83.